The van der Waals surface area contributed by atoms with E-state index in [0.29, 0.717) is 26.3 Å². The van der Waals surface area contributed by atoms with E-state index < -0.39 is 11.6 Å². The molecule has 2 N–H and O–H groups in total. The molecule has 1 aromatic rings. The number of carbonyl (C=O) groups excluding carboxylic acids is 1. The van der Waals surface area contributed by atoms with Gasteiger partial charge in [-0.05, 0) is 0 Å². The first-order valence-corrected chi connectivity index (χ1v) is 6.75. The lowest BCUT2D eigenvalue weighted by molar-refractivity contribution is -0.134. The number of anilines is 2. The number of aromatic nitrogens is 1. The molecule has 1 saturated heterocycles. The van der Waals surface area contributed by atoms with Crippen molar-refractivity contribution in [2.24, 2.45) is 0 Å². The summed E-state index contributed by atoms with van der Waals surface area (Å²) in [6.45, 7) is 2.46. The van der Waals surface area contributed by atoms with E-state index in [1.54, 1.807) is 4.90 Å². The second kappa shape index (κ2) is 7.16. The van der Waals surface area contributed by atoms with E-state index in [9.17, 15) is 13.6 Å². The Morgan fingerprint density at radius 2 is 2.00 bits per heavy atom. The summed E-state index contributed by atoms with van der Waals surface area (Å²) in [7, 11) is 1.50. The van der Waals surface area contributed by atoms with Gasteiger partial charge in [0, 0.05) is 39.2 Å². The van der Waals surface area contributed by atoms with Crippen molar-refractivity contribution in [1.29, 1.82) is 0 Å². The van der Waals surface area contributed by atoms with Crippen molar-refractivity contribution in [3.8, 4) is 0 Å². The molecule has 0 spiro atoms. The average Bonchev–Trinajstić information content (AvgIpc) is 2.50. The molecule has 21 heavy (non-hydrogen) atoms. The Labute approximate surface area is 121 Å². The van der Waals surface area contributed by atoms with Gasteiger partial charge in [0.15, 0.2) is 23.3 Å². The van der Waals surface area contributed by atoms with Crippen molar-refractivity contribution in [1.82, 2.24) is 9.88 Å². The van der Waals surface area contributed by atoms with Crippen LogP contribution in [-0.2, 0) is 9.53 Å². The quantitative estimate of drug-likeness (QED) is 0.851. The van der Waals surface area contributed by atoms with Crippen molar-refractivity contribution < 1.29 is 18.3 Å². The lowest BCUT2D eigenvalue weighted by Gasteiger charge is -2.26. The van der Waals surface area contributed by atoms with Crippen molar-refractivity contribution >= 4 is 17.5 Å². The number of nitrogens with zero attached hydrogens (tertiary/aromatic N) is 2. The van der Waals surface area contributed by atoms with Crippen molar-refractivity contribution in [3.63, 3.8) is 0 Å². The second-order valence-electron chi connectivity index (χ2n) is 4.57. The van der Waals surface area contributed by atoms with E-state index in [-0.39, 0.29) is 30.5 Å². The zero-order valence-corrected chi connectivity index (χ0v) is 11.8. The fraction of sp³-hybridized carbons (Fsp3) is 0.538. The van der Waals surface area contributed by atoms with E-state index in [4.69, 9.17) is 4.74 Å². The largest absolute Gasteiger partial charge is 0.378 e. The number of amides is 1. The summed E-state index contributed by atoms with van der Waals surface area (Å²) in [6.07, 6.45) is 0.216. The Kier molecular flexibility index (Phi) is 5.26. The molecule has 8 heteroatoms. The van der Waals surface area contributed by atoms with Crippen LogP contribution in [0.15, 0.2) is 6.07 Å². The van der Waals surface area contributed by atoms with Crippen LogP contribution in [0.4, 0.5) is 20.4 Å². The van der Waals surface area contributed by atoms with Crippen LogP contribution in [-0.4, -0.2) is 55.7 Å². The molecule has 0 atom stereocenters. The number of pyridine rings is 1. The van der Waals surface area contributed by atoms with Gasteiger partial charge in [0.1, 0.15) is 0 Å². The van der Waals surface area contributed by atoms with Crippen LogP contribution in [0.3, 0.4) is 0 Å². The summed E-state index contributed by atoms with van der Waals surface area (Å²) in [5, 5.41) is 5.25. The Hall–Kier alpha value is -1.96. The van der Waals surface area contributed by atoms with Gasteiger partial charge in [-0.25, -0.2) is 13.8 Å². The van der Waals surface area contributed by atoms with Crippen molar-refractivity contribution in [2.45, 2.75) is 6.42 Å². The third-order valence-corrected chi connectivity index (χ3v) is 3.16. The van der Waals surface area contributed by atoms with E-state index >= 15 is 0 Å². The number of rotatable bonds is 5. The molecule has 0 aliphatic carbocycles. The van der Waals surface area contributed by atoms with Crippen LogP contribution in [0, 0.1) is 11.6 Å². The summed E-state index contributed by atoms with van der Waals surface area (Å²) in [6, 6.07) is 0.755. The van der Waals surface area contributed by atoms with E-state index in [2.05, 4.69) is 15.6 Å². The molecule has 116 valence electrons. The lowest BCUT2D eigenvalue weighted by Crippen LogP contribution is -2.41. The molecule has 0 aromatic carbocycles. The van der Waals surface area contributed by atoms with Crippen LogP contribution in [0.5, 0.6) is 0 Å². The first kappa shape index (κ1) is 15.4. The van der Waals surface area contributed by atoms with Gasteiger partial charge in [-0.15, -0.1) is 0 Å². The summed E-state index contributed by atoms with van der Waals surface area (Å²) in [5.74, 6) is -1.69. The minimum Gasteiger partial charge on any atom is -0.378 e. The molecule has 6 nitrogen and oxygen atoms in total. The smallest absolute Gasteiger partial charge is 0.224 e. The molecule has 2 rings (SSSR count). The van der Waals surface area contributed by atoms with Gasteiger partial charge >= 0.3 is 0 Å². The van der Waals surface area contributed by atoms with Gasteiger partial charge < -0.3 is 20.3 Å². The Bertz CT molecular complexity index is 507. The Morgan fingerprint density at radius 3 is 2.67 bits per heavy atom. The average molecular weight is 300 g/mol. The molecular formula is C13H18F2N4O2. The summed E-state index contributed by atoms with van der Waals surface area (Å²) in [4.78, 5) is 17.4. The Morgan fingerprint density at radius 1 is 1.33 bits per heavy atom. The number of hydrogen-bond donors (Lipinski definition) is 2. The van der Waals surface area contributed by atoms with Gasteiger partial charge in [0.25, 0.3) is 0 Å². The molecule has 0 saturated carbocycles. The fourth-order valence-electron chi connectivity index (χ4n) is 2.02. The van der Waals surface area contributed by atoms with Gasteiger partial charge in [-0.1, -0.05) is 0 Å². The number of carbonyl (C=O) groups is 1. The van der Waals surface area contributed by atoms with Crippen molar-refractivity contribution in [3.05, 3.63) is 17.7 Å². The standard InChI is InChI=1S/C13H18F2N4O2/c1-16-12-9(14)8-10(15)13(18-12)17-3-2-11(20)19-4-6-21-7-5-19/h8H,2-7H2,1H3,(H2,16,17,18). The number of morpholine rings is 1. The topological polar surface area (TPSA) is 66.5 Å². The normalized spacial score (nSPS) is 14.9. The molecule has 1 fully saturated rings. The highest BCUT2D eigenvalue weighted by molar-refractivity contribution is 5.76. The van der Waals surface area contributed by atoms with Crippen LogP contribution in [0.2, 0.25) is 0 Å². The second-order valence-corrected chi connectivity index (χ2v) is 4.57. The van der Waals surface area contributed by atoms with Crippen molar-refractivity contribution in [2.75, 3.05) is 50.5 Å². The molecule has 0 bridgehead atoms. The number of nitrogens with one attached hydrogen (secondary N) is 2. The number of hydrogen-bond acceptors (Lipinski definition) is 5. The fourth-order valence-corrected chi connectivity index (χ4v) is 2.02. The maximum Gasteiger partial charge on any atom is 0.224 e. The van der Waals surface area contributed by atoms with E-state index in [1.807, 2.05) is 0 Å². The Balaban J connectivity index is 1.86. The number of ether oxygens (including phenoxy) is 1. The molecule has 0 unspecified atom stereocenters. The summed E-state index contributed by atoms with van der Waals surface area (Å²) < 4.78 is 32.0. The maximum atomic E-state index is 13.5. The lowest BCUT2D eigenvalue weighted by atomic mass is 10.3. The van der Waals surface area contributed by atoms with Gasteiger partial charge in [-0.3, -0.25) is 4.79 Å². The molecular weight excluding hydrogens is 282 g/mol. The molecule has 1 aromatic heterocycles. The first-order valence-electron chi connectivity index (χ1n) is 6.75. The summed E-state index contributed by atoms with van der Waals surface area (Å²) >= 11 is 0. The van der Waals surface area contributed by atoms with Crippen LogP contribution in [0.25, 0.3) is 0 Å². The SMILES string of the molecule is CNc1nc(NCCC(=O)N2CCOCC2)c(F)cc1F. The highest BCUT2D eigenvalue weighted by atomic mass is 19.1. The van der Waals surface area contributed by atoms with E-state index in [1.165, 1.54) is 7.05 Å². The molecule has 1 aliphatic heterocycles. The predicted molar refractivity (Wildman–Crippen MR) is 74.2 cm³/mol. The molecule has 2 heterocycles. The highest BCUT2D eigenvalue weighted by Crippen LogP contribution is 2.18. The zero-order valence-electron chi connectivity index (χ0n) is 11.8. The minimum atomic E-state index is -0.787. The van der Waals surface area contributed by atoms with Crippen LogP contribution < -0.4 is 10.6 Å². The molecule has 0 radical (unpaired) electrons. The summed E-state index contributed by atoms with van der Waals surface area (Å²) in [5.41, 5.74) is 0. The van der Waals surface area contributed by atoms with Crippen LogP contribution in [0.1, 0.15) is 6.42 Å². The monoisotopic (exact) mass is 300 g/mol. The maximum absolute atomic E-state index is 13.5. The van der Waals surface area contributed by atoms with Gasteiger partial charge in [0.05, 0.1) is 13.2 Å². The third kappa shape index (κ3) is 4.01. The molecule has 1 aliphatic rings. The predicted octanol–water partition coefficient (Wildman–Crippen LogP) is 1.06. The minimum absolute atomic E-state index is 0.0258. The van der Waals surface area contributed by atoms with Gasteiger partial charge in [-0.2, -0.15) is 0 Å². The number of halogens is 2. The zero-order chi connectivity index (χ0) is 15.2. The van der Waals surface area contributed by atoms with Gasteiger partial charge in [0.2, 0.25) is 5.91 Å². The first-order chi connectivity index (χ1) is 10.1. The van der Waals surface area contributed by atoms with Crippen LogP contribution >= 0.6 is 0 Å². The third-order valence-electron chi connectivity index (χ3n) is 3.16. The highest BCUT2D eigenvalue weighted by Gasteiger charge is 2.17. The van der Waals surface area contributed by atoms with E-state index in [0.717, 1.165) is 6.07 Å². The molecule has 1 amide bonds.